The monoisotopic (exact) mass is 286 g/mol. The number of rotatable bonds is 2. The summed E-state index contributed by atoms with van der Waals surface area (Å²) in [4.78, 5) is 22.0. The van der Waals surface area contributed by atoms with Crippen LogP contribution in [0.4, 0.5) is 0 Å². The van der Waals surface area contributed by atoms with Crippen molar-refractivity contribution in [2.75, 3.05) is 6.79 Å². The van der Waals surface area contributed by atoms with Crippen LogP contribution in [-0.2, 0) is 4.79 Å². The van der Waals surface area contributed by atoms with Gasteiger partial charge in [-0.1, -0.05) is 0 Å². The van der Waals surface area contributed by atoms with Gasteiger partial charge < -0.3 is 14.6 Å². The van der Waals surface area contributed by atoms with Crippen molar-refractivity contribution in [3.63, 3.8) is 0 Å². The van der Waals surface area contributed by atoms with Crippen LogP contribution in [0.3, 0.4) is 0 Å². The molecular formula is C10H7BrO5. The molecule has 0 atom stereocenters. The summed E-state index contributed by atoms with van der Waals surface area (Å²) in [5.41, 5.74) is 0.717. The number of carbonyl (C=O) groups is 2. The quantitative estimate of drug-likeness (QED) is 0.662. The van der Waals surface area contributed by atoms with Crippen molar-refractivity contribution < 1.29 is 24.2 Å². The number of carboxylic acids is 1. The van der Waals surface area contributed by atoms with Gasteiger partial charge in [0, 0.05) is 15.6 Å². The molecule has 0 unspecified atom stereocenters. The van der Waals surface area contributed by atoms with Crippen LogP contribution in [0, 0.1) is 6.92 Å². The van der Waals surface area contributed by atoms with E-state index < -0.39 is 11.8 Å². The van der Waals surface area contributed by atoms with Crippen molar-refractivity contribution in [1.82, 2.24) is 0 Å². The molecule has 0 amide bonds. The van der Waals surface area contributed by atoms with Gasteiger partial charge in [-0.25, -0.2) is 4.79 Å². The van der Waals surface area contributed by atoms with Crippen molar-refractivity contribution in [2.24, 2.45) is 0 Å². The topological polar surface area (TPSA) is 72.8 Å². The average molecular weight is 287 g/mol. The molecule has 1 heterocycles. The lowest BCUT2D eigenvalue weighted by Gasteiger charge is -2.07. The van der Waals surface area contributed by atoms with Gasteiger partial charge in [0.1, 0.15) is 0 Å². The largest absolute Gasteiger partial charge is 0.475 e. The summed E-state index contributed by atoms with van der Waals surface area (Å²) in [5.74, 6) is -1.55. The van der Waals surface area contributed by atoms with Crippen molar-refractivity contribution in [3.8, 4) is 11.5 Å². The molecule has 5 nitrogen and oxygen atoms in total. The normalized spacial score (nSPS) is 12.6. The number of ketones is 1. The van der Waals surface area contributed by atoms with Crippen LogP contribution in [0.15, 0.2) is 10.5 Å². The molecule has 84 valence electrons. The molecule has 6 heteroatoms. The van der Waals surface area contributed by atoms with Crippen LogP contribution in [0.1, 0.15) is 15.9 Å². The van der Waals surface area contributed by atoms with Gasteiger partial charge in [0.2, 0.25) is 6.79 Å². The Balaban J connectivity index is 2.60. The van der Waals surface area contributed by atoms with E-state index in [0.717, 1.165) is 0 Å². The predicted octanol–water partition coefficient (Wildman–Crippen LogP) is 1.75. The SMILES string of the molecule is Cc1c(Br)c(C(=O)C(=O)O)cc2c1OCO2. The first kappa shape index (κ1) is 10.9. The number of benzene rings is 1. The van der Waals surface area contributed by atoms with Gasteiger partial charge in [0.15, 0.2) is 11.5 Å². The van der Waals surface area contributed by atoms with Gasteiger partial charge >= 0.3 is 5.97 Å². The fourth-order valence-electron chi connectivity index (χ4n) is 1.47. The van der Waals surface area contributed by atoms with Crippen molar-refractivity contribution in [3.05, 3.63) is 21.7 Å². The summed E-state index contributed by atoms with van der Waals surface area (Å²) in [6.45, 7) is 1.80. The Labute approximate surface area is 99.1 Å². The van der Waals surface area contributed by atoms with Gasteiger partial charge in [-0.2, -0.15) is 0 Å². The van der Waals surface area contributed by atoms with E-state index in [0.29, 0.717) is 21.5 Å². The minimum absolute atomic E-state index is 0.0641. The molecule has 0 saturated heterocycles. The number of aliphatic carboxylic acids is 1. The molecule has 1 aliphatic rings. The number of Topliss-reactive ketones (excluding diaryl/α,β-unsaturated/α-hetero) is 1. The van der Waals surface area contributed by atoms with Gasteiger partial charge in [0.05, 0.1) is 0 Å². The van der Waals surface area contributed by atoms with Crippen LogP contribution < -0.4 is 9.47 Å². The zero-order valence-electron chi connectivity index (χ0n) is 8.24. The zero-order chi connectivity index (χ0) is 11.9. The molecule has 0 aliphatic carbocycles. The maximum Gasteiger partial charge on any atom is 0.377 e. The molecule has 1 aromatic rings. The highest BCUT2D eigenvalue weighted by atomic mass is 79.9. The van der Waals surface area contributed by atoms with Gasteiger partial charge in [-0.05, 0) is 28.9 Å². The number of hydrogen-bond acceptors (Lipinski definition) is 4. The van der Waals surface area contributed by atoms with Crippen LogP contribution in [0.2, 0.25) is 0 Å². The first-order chi connectivity index (χ1) is 7.52. The maximum absolute atomic E-state index is 11.4. The number of carboxylic acid groups (broad SMARTS) is 1. The smallest absolute Gasteiger partial charge is 0.377 e. The highest BCUT2D eigenvalue weighted by Crippen LogP contribution is 2.41. The molecule has 1 aliphatic heterocycles. The highest BCUT2D eigenvalue weighted by molar-refractivity contribution is 9.10. The van der Waals surface area contributed by atoms with E-state index in [-0.39, 0.29) is 12.4 Å². The van der Waals surface area contributed by atoms with E-state index in [2.05, 4.69) is 15.9 Å². The predicted molar refractivity (Wildman–Crippen MR) is 57.0 cm³/mol. The van der Waals surface area contributed by atoms with E-state index in [1.54, 1.807) is 6.92 Å². The molecule has 1 N–H and O–H groups in total. The summed E-state index contributed by atoms with van der Waals surface area (Å²) in [5, 5.41) is 8.66. The van der Waals surface area contributed by atoms with Crippen molar-refractivity contribution >= 4 is 27.7 Å². The maximum atomic E-state index is 11.4. The zero-order valence-corrected chi connectivity index (χ0v) is 9.83. The molecule has 1 aromatic carbocycles. The fourth-order valence-corrected chi connectivity index (χ4v) is 1.94. The number of hydrogen-bond donors (Lipinski definition) is 1. The first-order valence-corrected chi connectivity index (χ1v) is 5.18. The third kappa shape index (κ3) is 1.55. The van der Waals surface area contributed by atoms with Crippen LogP contribution in [-0.4, -0.2) is 23.7 Å². The highest BCUT2D eigenvalue weighted by Gasteiger charge is 2.26. The van der Waals surface area contributed by atoms with Crippen LogP contribution in [0.25, 0.3) is 0 Å². The molecule has 0 aromatic heterocycles. The molecule has 16 heavy (non-hydrogen) atoms. The Morgan fingerprint density at radius 2 is 2.12 bits per heavy atom. The minimum atomic E-state index is -1.50. The van der Waals surface area contributed by atoms with Gasteiger partial charge in [0.25, 0.3) is 5.78 Å². The van der Waals surface area contributed by atoms with E-state index in [1.807, 2.05) is 0 Å². The fraction of sp³-hybridized carbons (Fsp3) is 0.200. The lowest BCUT2D eigenvalue weighted by atomic mass is 10.1. The molecule has 0 spiro atoms. The Morgan fingerprint density at radius 1 is 1.44 bits per heavy atom. The van der Waals surface area contributed by atoms with Crippen LogP contribution >= 0.6 is 15.9 Å². The first-order valence-electron chi connectivity index (χ1n) is 4.38. The Kier molecular flexibility index (Phi) is 2.59. The second-order valence-corrected chi connectivity index (χ2v) is 4.02. The Hall–Kier alpha value is -1.56. The van der Waals surface area contributed by atoms with Crippen molar-refractivity contribution in [1.29, 1.82) is 0 Å². The van der Waals surface area contributed by atoms with Crippen molar-refractivity contribution in [2.45, 2.75) is 6.92 Å². The Bertz CT molecular complexity index is 494. The van der Waals surface area contributed by atoms with E-state index >= 15 is 0 Å². The summed E-state index contributed by atoms with van der Waals surface area (Å²) in [6.07, 6.45) is 0. The third-order valence-electron chi connectivity index (χ3n) is 2.26. The van der Waals surface area contributed by atoms with Gasteiger partial charge in [-0.15, -0.1) is 0 Å². The third-order valence-corrected chi connectivity index (χ3v) is 3.28. The molecule has 0 fully saturated rings. The van der Waals surface area contributed by atoms with Gasteiger partial charge in [-0.3, -0.25) is 4.79 Å². The standard InChI is InChI=1S/C10H7BrO5/c1-4-7(11)5(8(12)10(13)14)2-6-9(4)16-3-15-6/h2H,3H2,1H3,(H,13,14). The molecular weight excluding hydrogens is 280 g/mol. The second-order valence-electron chi connectivity index (χ2n) is 3.23. The molecule has 2 rings (SSSR count). The number of ether oxygens (including phenoxy) is 2. The minimum Gasteiger partial charge on any atom is -0.475 e. The number of fused-ring (bicyclic) bond motifs is 1. The summed E-state index contributed by atoms with van der Waals surface area (Å²) in [6, 6.07) is 1.37. The molecule has 0 radical (unpaired) electrons. The average Bonchev–Trinajstić information content (AvgIpc) is 2.70. The lowest BCUT2D eigenvalue weighted by molar-refractivity contribution is -0.131. The Morgan fingerprint density at radius 3 is 2.75 bits per heavy atom. The molecule has 0 bridgehead atoms. The summed E-state index contributed by atoms with van der Waals surface area (Å²) >= 11 is 3.18. The molecule has 0 saturated carbocycles. The van der Waals surface area contributed by atoms with E-state index in [4.69, 9.17) is 14.6 Å². The number of halogens is 1. The lowest BCUT2D eigenvalue weighted by Crippen LogP contribution is -2.13. The summed E-state index contributed by atoms with van der Waals surface area (Å²) < 4.78 is 10.7. The van der Waals surface area contributed by atoms with E-state index in [1.165, 1.54) is 6.07 Å². The second kappa shape index (κ2) is 3.79. The number of carbonyl (C=O) groups excluding carboxylic acids is 1. The van der Waals surface area contributed by atoms with E-state index in [9.17, 15) is 9.59 Å². The van der Waals surface area contributed by atoms with Crippen LogP contribution in [0.5, 0.6) is 11.5 Å². The summed E-state index contributed by atoms with van der Waals surface area (Å²) in [7, 11) is 0.